The summed E-state index contributed by atoms with van der Waals surface area (Å²) in [5.41, 5.74) is 4.04. The van der Waals surface area contributed by atoms with Gasteiger partial charge in [-0.1, -0.05) is 83.0 Å². The van der Waals surface area contributed by atoms with Crippen molar-refractivity contribution in [2.45, 2.75) is 19.5 Å². The fraction of sp³-hybridized carbons (Fsp3) is 0.115. The normalized spacial score (nSPS) is 16.0. The fourth-order valence-corrected chi connectivity index (χ4v) is 4.35. The van der Waals surface area contributed by atoms with E-state index in [1.54, 1.807) is 23.1 Å². The first-order chi connectivity index (χ1) is 16.5. The molecule has 0 bridgehead atoms. The summed E-state index contributed by atoms with van der Waals surface area (Å²) in [6.07, 6.45) is 0. The highest BCUT2D eigenvalue weighted by molar-refractivity contribution is 6.30. The lowest BCUT2D eigenvalue weighted by molar-refractivity contribution is 0.203. The second-order valence-corrected chi connectivity index (χ2v) is 8.81. The third-order valence-electron chi connectivity index (χ3n) is 5.72. The molecule has 0 fully saturated rings. The van der Waals surface area contributed by atoms with Crippen LogP contribution in [0.15, 0.2) is 89.1 Å². The highest BCUT2D eigenvalue weighted by atomic mass is 35.5. The van der Waals surface area contributed by atoms with Gasteiger partial charge in [-0.2, -0.15) is 4.98 Å². The van der Waals surface area contributed by atoms with Crippen molar-refractivity contribution in [1.29, 1.82) is 0 Å². The number of hydrogen-bond acceptors (Lipinski definition) is 4. The predicted octanol–water partition coefficient (Wildman–Crippen LogP) is 6.74. The molecule has 1 atom stereocenters. The number of urea groups is 1. The summed E-state index contributed by atoms with van der Waals surface area (Å²) >= 11 is 12.3. The van der Waals surface area contributed by atoms with Gasteiger partial charge < -0.3 is 9.84 Å². The van der Waals surface area contributed by atoms with Crippen LogP contribution in [0.25, 0.3) is 17.0 Å². The average Bonchev–Trinajstić information content (AvgIpc) is 3.32. The summed E-state index contributed by atoms with van der Waals surface area (Å²) in [7, 11) is 0. The number of hydrogen-bond donors (Lipinski definition) is 1. The molecule has 0 saturated carbocycles. The van der Waals surface area contributed by atoms with Crippen molar-refractivity contribution in [2.75, 3.05) is 0 Å². The number of nitrogens with zero attached hydrogens (tertiary/aromatic N) is 3. The van der Waals surface area contributed by atoms with Crippen LogP contribution >= 0.6 is 23.2 Å². The molecule has 4 aromatic rings. The lowest BCUT2D eigenvalue weighted by atomic mass is 9.94. The first-order valence-electron chi connectivity index (χ1n) is 10.7. The van der Waals surface area contributed by atoms with E-state index in [2.05, 4.69) is 15.5 Å². The Kier molecular flexibility index (Phi) is 6.09. The zero-order valence-electron chi connectivity index (χ0n) is 18.2. The van der Waals surface area contributed by atoms with E-state index in [0.717, 1.165) is 22.3 Å². The van der Waals surface area contributed by atoms with Gasteiger partial charge in [-0.15, -0.1) is 0 Å². The van der Waals surface area contributed by atoms with E-state index in [-0.39, 0.29) is 6.03 Å². The second-order valence-electron chi connectivity index (χ2n) is 7.94. The minimum absolute atomic E-state index is 0.232. The maximum atomic E-state index is 13.2. The van der Waals surface area contributed by atoms with Crippen molar-refractivity contribution in [3.63, 3.8) is 0 Å². The summed E-state index contributed by atoms with van der Waals surface area (Å²) < 4.78 is 5.71. The number of halogens is 2. The molecular weight excluding hydrogens is 471 g/mol. The minimum Gasteiger partial charge on any atom is -0.334 e. The number of carbonyl (C=O) groups excluding carboxylic acids is 1. The minimum atomic E-state index is -0.482. The molecule has 1 unspecified atom stereocenters. The van der Waals surface area contributed by atoms with Gasteiger partial charge in [-0.05, 0) is 42.3 Å². The zero-order chi connectivity index (χ0) is 23.7. The van der Waals surface area contributed by atoms with Gasteiger partial charge in [0.05, 0.1) is 18.2 Å². The first kappa shape index (κ1) is 22.2. The monoisotopic (exact) mass is 490 g/mol. The molecule has 2 heterocycles. The number of amides is 2. The molecule has 1 aliphatic rings. The Labute approximate surface area is 206 Å². The molecule has 8 heteroatoms. The van der Waals surface area contributed by atoms with Gasteiger partial charge in [-0.25, -0.2) is 4.79 Å². The third-order valence-corrected chi connectivity index (χ3v) is 6.20. The molecule has 6 nitrogen and oxygen atoms in total. The summed E-state index contributed by atoms with van der Waals surface area (Å²) in [5.74, 6) is 0.816. The molecule has 2 amide bonds. The number of carbonyl (C=O) groups is 1. The zero-order valence-corrected chi connectivity index (χ0v) is 19.7. The average molecular weight is 491 g/mol. The van der Waals surface area contributed by atoms with Gasteiger partial charge in [0, 0.05) is 21.3 Å². The second kappa shape index (κ2) is 9.33. The topological polar surface area (TPSA) is 71.3 Å². The van der Waals surface area contributed by atoms with Crippen molar-refractivity contribution in [3.05, 3.63) is 112 Å². The SMILES string of the molecule is CC1=C(c2nc(-c3ccccc3)no2)C(c2ccc(Cl)cc2)NC(=O)N1Cc1cccc(Cl)c1. The largest absolute Gasteiger partial charge is 0.334 e. The van der Waals surface area contributed by atoms with Crippen LogP contribution < -0.4 is 5.32 Å². The van der Waals surface area contributed by atoms with E-state index in [1.165, 1.54) is 0 Å². The third kappa shape index (κ3) is 4.42. The smallest absolute Gasteiger partial charge is 0.322 e. The Morgan fingerprint density at radius 1 is 0.971 bits per heavy atom. The number of aromatic nitrogens is 2. The van der Waals surface area contributed by atoms with Gasteiger partial charge >= 0.3 is 6.03 Å². The maximum Gasteiger partial charge on any atom is 0.322 e. The molecule has 3 aromatic carbocycles. The van der Waals surface area contributed by atoms with E-state index in [0.29, 0.717) is 34.0 Å². The van der Waals surface area contributed by atoms with Crippen LogP contribution in [0.5, 0.6) is 0 Å². The maximum absolute atomic E-state index is 13.2. The number of rotatable bonds is 5. The lowest BCUT2D eigenvalue weighted by Crippen LogP contribution is -2.45. The molecule has 1 N–H and O–H groups in total. The Bertz CT molecular complexity index is 1370. The van der Waals surface area contributed by atoms with E-state index in [1.807, 2.05) is 67.6 Å². The molecule has 1 aromatic heterocycles. The van der Waals surface area contributed by atoms with E-state index in [4.69, 9.17) is 27.7 Å². The van der Waals surface area contributed by atoms with Gasteiger partial charge in [0.1, 0.15) is 0 Å². The van der Waals surface area contributed by atoms with Gasteiger partial charge in [0.25, 0.3) is 5.89 Å². The molecular formula is C26H20Cl2N4O2. The van der Waals surface area contributed by atoms with Crippen LogP contribution in [0.3, 0.4) is 0 Å². The van der Waals surface area contributed by atoms with Gasteiger partial charge in [-0.3, -0.25) is 4.90 Å². The Balaban J connectivity index is 1.60. The number of allylic oxidation sites excluding steroid dienone is 1. The van der Waals surface area contributed by atoms with Crippen molar-refractivity contribution >= 4 is 34.8 Å². The van der Waals surface area contributed by atoms with E-state index >= 15 is 0 Å². The molecule has 1 aliphatic heterocycles. The summed E-state index contributed by atoms with van der Waals surface area (Å²) in [4.78, 5) is 19.5. The van der Waals surface area contributed by atoms with Crippen LogP contribution in [0.1, 0.15) is 30.0 Å². The summed E-state index contributed by atoms with van der Waals surface area (Å²) in [5, 5.41) is 8.50. The van der Waals surface area contributed by atoms with Crippen molar-refractivity contribution in [1.82, 2.24) is 20.4 Å². The molecule has 170 valence electrons. The standard InChI is InChI=1S/C26H20Cl2N4O2/c1-16-22(25-30-24(31-34-25)19-7-3-2-4-8-19)23(18-10-12-20(27)13-11-18)29-26(33)32(16)15-17-6-5-9-21(28)14-17/h2-14,23H,15H2,1H3,(H,29,33). The van der Waals surface area contributed by atoms with Crippen molar-refractivity contribution in [3.8, 4) is 11.4 Å². The lowest BCUT2D eigenvalue weighted by Gasteiger charge is -2.35. The van der Waals surface area contributed by atoms with Crippen molar-refractivity contribution in [2.24, 2.45) is 0 Å². The Hall–Kier alpha value is -3.61. The quantitative estimate of drug-likeness (QED) is 0.336. The predicted molar refractivity (Wildman–Crippen MR) is 132 cm³/mol. The van der Waals surface area contributed by atoms with Gasteiger partial charge in [0.15, 0.2) is 0 Å². The van der Waals surface area contributed by atoms with Crippen LogP contribution in [-0.2, 0) is 6.54 Å². The molecule has 34 heavy (non-hydrogen) atoms. The van der Waals surface area contributed by atoms with Crippen LogP contribution in [0.4, 0.5) is 4.79 Å². The Morgan fingerprint density at radius 3 is 2.47 bits per heavy atom. The molecule has 0 radical (unpaired) electrons. The first-order valence-corrected chi connectivity index (χ1v) is 11.4. The summed E-state index contributed by atoms with van der Waals surface area (Å²) in [6.45, 7) is 2.22. The molecule has 0 aliphatic carbocycles. The molecule has 0 spiro atoms. The van der Waals surface area contributed by atoms with E-state index < -0.39 is 6.04 Å². The highest BCUT2D eigenvalue weighted by Gasteiger charge is 2.35. The number of nitrogens with one attached hydrogen (secondary N) is 1. The fourth-order valence-electron chi connectivity index (χ4n) is 4.01. The van der Waals surface area contributed by atoms with Gasteiger partial charge in [0.2, 0.25) is 5.82 Å². The summed E-state index contributed by atoms with van der Waals surface area (Å²) in [6, 6.07) is 23.6. The van der Waals surface area contributed by atoms with Crippen LogP contribution in [-0.4, -0.2) is 21.1 Å². The van der Waals surface area contributed by atoms with E-state index in [9.17, 15) is 4.79 Å². The number of benzene rings is 3. The van der Waals surface area contributed by atoms with Crippen molar-refractivity contribution < 1.29 is 9.32 Å². The highest BCUT2D eigenvalue weighted by Crippen LogP contribution is 2.38. The Morgan fingerprint density at radius 2 is 1.74 bits per heavy atom. The van der Waals surface area contributed by atoms with Crippen LogP contribution in [0, 0.1) is 0 Å². The molecule has 0 saturated heterocycles. The van der Waals surface area contributed by atoms with Crippen LogP contribution in [0.2, 0.25) is 10.0 Å². The molecule has 5 rings (SSSR count).